The number of ether oxygens (including phenoxy) is 2. The predicted molar refractivity (Wildman–Crippen MR) is 107 cm³/mol. The van der Waals surface area contributed by atoms with Crippen LogP contribution in [0.1, 0.15) is 12.5 Å². The summed E-state index contributed by atoms with van der Waals surface area (Å²) in [4.78, 5) is 15.9. The van der Waals surface area contributed by atoms with Gasteiger partial charge in [-0.2, -0.15) is 0 Å². The first kappa shape index (κ1) is 18.5. The SMILES string of the molecule is NC(=O)COc1ccc(Cl)cc1-c1c(-c2ccccc2)ncn1[C@@H]1CCOC1. The average molecular weight is 398 g/mol. The van der Waals surface area contributed by atoms with Crippen molar-refractivity contribution in [1.82, 2.24) is 9.55 Å². The Morgan fingerprint density at radius 2 is 2.11 bits per heavy atom. The van der Waals surface area contributed by atoms with Gasteiger partial charge in [-0.25, -0.2) is 4.98 Å². The fraction of sp³-hybridized carbons (Fsp3) is 0.238. The molecule has 144 valence electrons. The van der Waals surface area contributed by atoms with Crippen molar-refractivity contribution in [3.05, 3.63) is 59.9 Å². The minimum atomic E-state index is -0.540. The third kappa shape index (κ3) is 3.74. The lowest BCUT2D eigenvalue weighted by molar-refractivity contribution is -0.119. The molecule has 1 atom stereocenters. The summed E-state index contributed by atoms with van der Waals surface area (Å²) in [5.74, 6) is -0.0112. The van der Waals surface area contributed by atoms with Crippen LogP contribution in [0.25, 0.3) is 22.5 Å². The van der Waals surface area contributed by atoms with Crippen LogP contribution in [0.15, 0.2) is 54.9 Å². The van der Waals surface area contributed by atoms with Crippen LogP contribution >= 0.6 is 11.6 Å². The lowest BCUT2D eigenvalue weighted by atomic mass is 10.0. The zero-order valence-corrected chi connectivity index (χ0v) is 15.9. The number of nitrogens with zero attached hydrogens (tertiary/aromatic N) is 2. The number of imidazole rings is 1. The highest BCUT2D eigenvalue weighted by Crippen LogP contribution is 2.40. The Kier molecular flexibility index (Phi) is 5.32. The van der Waals surface area contributed by atoms with Crippen LogP contribution < -0.4 is 10.5 Å². The summed E-state index contributed by atoms with van der Waals surface area (Å²) in [5, 5.41) is 0.566. The molecule has 1 amide bonds. The van der Waals surface area contributed by atoms with E-state index in [0.29, 0.717) is 24.0 Å². The van der Waals surface area contributed by atoms with Crippen LogP contribution in [0.5, 0.6) is 5.75 Å². The lowest BCUT2D eigenvalue weighted by Gasteiger charge is -2.18. The lowest BCUT2D eigenvalue weighted by Crippen LogP contribution is -2.20. The molecule has 0 spiro atoms. The van der Waals surface area contributed by atoms with Gasteiger partial charge >= 0.3 is 0 Å². The van der Waals surface area contributed by atoms with E-state index < -0.39 is 5.91 Å². The Bertz CT molecular complexity index is 982. The molecule has 7 heteroatoms. The minimum Gasteiger partial charge on any atom is -0.483 e. The Balaban J connectivity index is 1.89. The first-order valence-electron chi connectivity index (χ1n) is 9.04. The Morgan fingerprint density at radius 3 is 2.82 bits per heavy atom. The second kappa shape index (κ2) is 8.04. The predicted octanol–water partition coefficient (Wildman–Crippen LogP) is 3.70. The van der Waals surface area contributed by atoms with E-state index in [9.17, 15) is 4.79 Å². The molecule has 0 unspecified atom stereocenters. The molecule has 1 aliphatic heterocycles. The fourth-order valence-electron chi connectivity index (χ4n) is 3.42. The number of carbonyl (C=O) groups excluding carboxylic acids is 1. The van der Waals surface area contributed by atoms with Gasteiger partial charge in [-0.05, 0) is 24.6 Å². The standard InChI is InChI=1S/C21H20ClN3O3/c22-15-6-7-18(28-12-19(23)26)17(10-15)21-20(14-4-2-1-3-5-14)24-13-25(21)16-8-9-27-11-16/h1-7,10,13,16H,8-9,11-12H2,(H2,23,26)/t16-/m1/s1. The number of hydrogen-bond donors (Lipinski definition) is 1. The molecule has 1 aliphatic rings. The first-order chi connectivity index (χ1) is 13.6. The number of benzene rings is 2. The van der Waals surface area contributed by atoms with Crippen LogP contribution in [0, 0.1) is 0 Å². The number of halogens is 1. The van der Waals surface area contributed by atoms with E-state index in [2.05, 4.69) is 4.57 Å². The zero-order chi connectivity index (χ0) is 19.5. The van der Waals surface area contributed by atoms with E-state index in [1.54, 1.807) is 12.1 Å². The van der Waals surface area contributed by atoms with Gasteiger partial charge < -0.3 is 19.8 Å². The van der Waals surface area contributed by atoms with Crippen LogP contribution in [0.3, 0.4) is 0 Å². The summed E-state index contributed by atoms with van der Waals surface area (Å²) in [7, 11) is 0. The molecule has 0 radical (unpaired) electrons. The van der Waals surface area contributed by atoms with Crippen LogP contribution in [0.2, 0.25) is 5.02 Å². The van der Waals surface area contributed by atoms with Crippen molar-refractivity contribution in [1.29, 1.82) is 0 Å². The maximum absolute atomic E-state index is 11.2. The zero-order valence-electron chi connectivity index (χ0n) is 15.2. The van der Waals surface area contributed by atoms with Gasteiger partial charge in [0.1, 0.15) is 5.75 Å². The topological polar surface area (TPSA) is 79.4 Å². The maximum atomic E-state index is 11.2. The number of primary amides is 1. The number of hydrogen-bond acceptors (Lipinski definition) is 4. The van der Waals surface area contributed by atoms with Gasteiger partial charge in [0.25, 0.3) is 5.91 Å². The molecule has 3 aromatic rings. The van der Waals surface area contributed by atoms with E-state index in [0.717, 1.165) is 28.9 Å². The third-order valence-electron chi connectivity index (χ3n) is 4.71. The molecule has 0 saturated carbocycles. The van der Waals surface area contributed by atoms with E-state index in [-0.39, 0.29) is 12.6 Å². The van der Waals surface area contributed by atoms with Crippen molar-refractivity contribution in [3.8, 4) is 28.3 Å². The first-order valence-corrected chi connectivity index (χ1v) is 9.42. The van der Waals surface area contributed by atoms with Gasteiger partial charge in [0, 0.05) is 22.8 Å². The number of aromatic nitrogens is 2. The van der Waals surface area contributed by atoms with Crippen molar-refractivity contribution < 1.29 is 14.3 Å². The minimum absolute atomic E-state index is 0.169. The molecule has 28 heavy (non-hydrogen) atoms. The second-order valence-electron chi connectivity index (χ2n) is 6.63. The van der Waals surface area contributed by atoms with Crippen LogP contribution in [0.4, 0.5) is 0 Å². The maximum Gasteiger partial charge on any atom is 0.255 e. The smallest absolute Gasteiger partial charge is 0.255 e. The number of nitrogens with two attached hydrogens (primary N) is 1. The van der Waals surface area contributed by atoms with E-state index >= 15 is 0 Å². The van der Waals surface area contributed by atoms with Gasteiger partial charge in [-0.3, -0.25) is 4.79 Å². The summed E-state index contributed by atoms with van der Waals surface area (Å²) in [6.07, 6.45) is 2.73. The average Bonchev–Trinajstić information content (AvgIpc) is 3.37. The summed E-state index contributed by atoms with van der Waals surface area (Å²) in [6, 6.07) is 15.4. The van der Waals surface area contributed by atoms with Crippen LogP contribution in [-0.4, -0.2) is 35.3 Å². The highest BCUT2D eigenvalue weighted by Gasteiger charge is 2.26. The van der Waals surface area contributed by atoms with E-state index in [1.807, 2.05) is 42.7 Å². The van der Waals surface area contributed by atoms with Crippen molar-refractivity contribution in [2.45, 2.75) is 12.5 Å². The molecule has 4 rings (SSSR count). The number of carbonyl (C=O) groups is 1. The molecular formula is C21H20ClN3O3. The van der Waals surface area contributed by atoms with Gasteiger partial charge in [0.05, 0.1) is 30.4 Å². The van der Waals surface area contributed by atoms with Crippen molar-refractivity contribution in [2.75, 3.05) is 19.8 Å². The molecule has 1 aromatic heterocycles. The van der Waals surface area contributed by atoms with Gasteiger partial charge in [0.15, 0.2) is 6.61 Å². The second-order valence-corrected chi connectivity index (χ2v) is 7.06. The van der Waals surface area contributed by atoms with Gasteiger partial charge in [-0.15, -0.1) is 0 Å². The summed E-state index contributed by atoms with van der Waals surface area (Å²) in [6.45, 7) is 1.12. The van der Waals surface area contributed by atoms with Gasteiger partial charge in [-0.1, -0.05) is 41.9 Å². The monoisotopic (exact) mass is 397 g/mol. The summed E-state index contributed by atoms with van der Waals surface area (Å²) < 4.78 is 13.4. The highest BCUT2D eigenvalue weighted by molar-refractivity contribution is 6.31. The molecule has 2 aromatic carbocycles. The van der Waals surface area contributed by atoms with E-state index in [1.165, 1.54) is 0 Å². The third-order valence-corrected chi connectivity index (χ3v) is 4.94. The van der Waals surface area contributed by atoms with Crippen molar-refractivity contribution in [2.24, 2.45) is 5.73 Å². The van der Waals surface area contributed by atoms with Crippen molar-refractivity contribution >= 4 is 17.5 Å². The molecule has 2 N–H and O–H groups in total. The Morgan fingerprint density at radius 1 is 1.29 bits per heavy atom. The normalized spacial score (nSPS) is 16.2. The molecule has 1 saturated heterocycles. The molecule has 2 heterocycles. The molecular weight excluding hydrogens is 378 g/mol. The summed E-state index contributed by atoms with van der Waals surface area (Å²) in [5.41, 5.74) is 8.71. The Labute approximate surface area is 167 Å². The molecule has 0 bridgehead atoms. The molecule has 1 fully saturated rings. The fourth-order valence-corrected chi connectivity index (χ4v) is 3.59. The van der Waals surface area contributed by atoms with E-state index in [4.69, 9.17) is 31.8 Å². The van der Waals surface area contributed by atoms with Crippen LogP contribution in [-0.2, 0) is 9.53 Å². The molecule has 0 aliphatic carbocycles. The number of amides is 1. The number of rotatable bonds is 6. The molecule has 6 nitrogen and oxygen atoms in total. The van der Waals surface area contributed by atoms with Crippen molar-refractivity contribution in [3.63, 3.8) is 0 Å². The highest BCUT2D eigenvalue weighted by atomic mass is 35.5. The quantitative estimate of drug-likeness (QED) is 0.687. The van der Waals surface area contributed by atoms with Gasteiger partial charge in [0.2, 0.25) is 0 Å². The Hall–Kier alpha value is -2.83. The summed E-state index contributed by atoms with van der Waals surface area (Å²) >= 11 is 6.31. The largest absolute Gasteiger partial charge is 0.483 e.